The highest BCUT2D eigenvalue weighted by Crippen LogP contribution is 2.56. The average Bonchev–Trinajstić information content (AvgIpc) is 2.26. The van der Waals surface area contributed by atoms with Gasteiger partial charge in [0, 0.05) is 0 Å². The zero-order valence-electron chi connectivity index (χ0n) is 8.92. The molecule has 2 nitrogen and oxygen atoms in total. The molecule has 2 atom stereocenters. The third-order valence-corrected chi connectivity index (χ3v) is 4.52. The lowest BCUT2D eigenvalue weighted by atomic mass is 9.52. The molecular formula is C12H19NO. The van der Waals surface area contributed by atoms with E-state index < -0.39 is 11.0 Å². The van der Waals surface area contributed by atoms with Crippen molar-refractivity contribution in [2.75, 3.05) is 0 Å². The summed E-state index contributed by atoms with van der Waals surface area (Å²) in [6, 6.07) is 2.44. The van der Waals surface area contributed by atoms with Crippen LogP contribution in [-0.2, 0) is 0 Å². The van der Waals surface area contributed by atoms with Crippen molar-refractivity contribution in [1.29, 1.82) is 5.26 Å². The van der Waals surface area contributed by atoms with Crippen molar-refractivity contribution < 1.29 is 5.11 Å². The lowest BCUT2D eigenvalue weighted by Gasteiger charge is -2.54. The molecule has 0 saturated heterocycles. The normalized spacial score (nSPS) is 41.1. The second kappa shape index (κ2) is 3.24. The van der Waals surface area contributed by atoms with E-state index in [1.807, 2.05) is 0 Å². The van der Waals surface area contributed by atoms with Crippen molar-refractivity contribution in [3.8, 4) is 6.07 Å². The Bertz CT molecular complexity index is 262. The fourth-order valence-electron chi connectivity index (χ4n) is 3.21. The Balaban J connectivity index is 2.23. The first-order chi connectivity index (χ1) is 6.65. The summed E-state index contributed by atoms with van der Waals surface area (Å²) in [5.41, 5.74) is -1.08. The van der Waals surface area contributed by atoms with Crippen LogP contribution in [0.5, 0.6) is 0 Å². The summed E-state index contributed by atoms with van der Waals surface area (Å²) in [6.45, 7) is 2.08. The van der Waals surface area contributed by atoms with E-state index in [0.29, 0.717) is 5.92 Å². The van der Waals surface area contributed by atoms with Gasteiger partial charge in [0.15, 0.2) is 0 Å². The van der Waals surface area contributed by atoms with E-state index in [1.165, 1.54) is 6.42 Å². The van der Waals surface area contributed by atoms with Gasteiger partial charge in [-0.15, -0.1) is 0 Å². The number of nitrogens with zero attached hydrogens (tertiary/aromatic N) is 1. The molecule has 0 aliphatic heterocycles. The van der Waals surface area contributed by atoms with Crippen molar-refractivity contribution in [3.63, 3.8) is 0 Å². The summed E-state index contributed by atoms with van der Waals surface area (Å²) in [4.78, 5) is 0. The molecule has 1 N–H and O–H groups in total. The topological polar surface area (TPSA) is 44.0 Å². The molecule has 2 rings (SSSR count). The Labute approximate surface area is 85.9 Å². The lowest BCUT2D eigenvalue weighted by Crippen LogP contribution is -2.58. The summed E-state index contributed by atoms with van der Waals surface area (Å²) < 4.78 is 0. The first kappa shape index (κ1) is 9.98. The van der Waals surface area contributed by atoms with Gasteiger partial charge in [-0.2, -0.15) is 5.26 Å². The molecular weight excluding hydrogens is 174 g/mol. The largest absolute Gasteiger partial charge is 0.388 e. The maximum Gasteiger partial charge on any atom is 0.0862 e. The van der Waals surface area contributed by atoms with Crippen LogP contribution in [0.4, 0.5) is 0 Å². The van der Waals surface area contributed by atoms with Gasteiger partial charge in [0.2, 0.25) is 0 Å². The number of hydrogen-bond donors (Lipinski definition) is 1. The van der Waals surface area contributed by atoms with E-state index in [0.717, 1.165) is 38.5 Å². The SMILES string of the molecule is CC1CCC1(O)C1(C#N)CCCCC1. The molecule has 0 aromatic rings. The van der Waals surface area contributed by atoms with E-state index in [2.05, 4.69) is 13.0 Å². The molecule has 14 heavy (non-hydrogen) atoms. The first-order valence-electron chi connectivity index (χ1n) is 5.78. The third-order valence-electron chi connectivity index (χ3n) is 4.52. The van der Waals surface area contributed by atoms with Gasteiger partial charge in [0.05, 0.1) is 17.1 Å². The lowest BCUT2D eigenvalue weighted by molar-refractivity contribution is -0.169. The quantitative estimate of drug-likeness (QED) is 0.695. The van der Waals surface area contributed by atoms with Crippen LogP contribution in [0, 0.1) is 22.7 Å². The van der Waals surface area contributed by atoms with Gasteiger partial charge in [-0.1, -0.05) is 26.2 Å². The number of rotatable bonds is 1. The first-order valence-corrected chi connectivity index (χ1v) is 5.78. The molecule has 0 radical (unpaired) electrons. The van der Waals surface area contributed by atoms with Crippen LogP contribution in [0.1, 0.15) is 51.9 Å². The van der Waals surface area contributed by atoms with Crippen LogP contribution in [0.3, 0.4) is 0 Å². The van der Waals surface area contributed by atoms with Crippen molar-refractivity contribution in [3.05, 3.63) is 0 Å². The predicted molar refractivity (Wildman–Crippen MR) is 54.5 cm³/mol. The van der Waals surface area contributed by atoms with Gasteiger partial charge in [0.25, 0.3) is 0 Å². The molecule has 0 heterocycles. The molecule has 2 aliphatic carbocycles. The molecule has 0 spiro atoms. The van der Waals surface area contributed by atoms with Crippen LogP contribution >= 0.6 is 0 Å². The summed E-state index contributed by atoms with van der Waals surface area (Å²) in [6.07, 6.45) is 7.19. The Morgan fingerprint density at radius 3 is 2.21 bits per heavy atom. The van der Waals surface area contributed by atoms with Gasteiger partial charge in [-0.3, -0.25) is 0 Å². The molecule has 2 heteroatoms. The molecule has 0 bridgehead atoms. The van der Waals surface area contributed by atoms with Gasteiger partial charge in [-0.25, -0.2) is 0 Å². The molecule has 2 aliphatic rings. The Hall–Kier alpha value is -0.550. The van der Waals surface area contributed by atoms with Crippen LogP contribution in [0.25, 0.3) is 0 Å². The minimum absolute atomic E-state index is 0.320. The molecule has 2 saturated carbocycles. The highest BCUT2D eigenvalue weighted by molar-refractivity contribution is 5.17. The minimum Gasteiger partial charge on any atom is -0.388 e. The second-order valence-electron chi connectivity index (χ2n) is 5.12. The zero-order valence-corrected chi connectivity index (χ0v) is 8.92. The van der Waals surface area contributed by atoms with E-state index in [9.17, 15) is 10.4 Å². The van der Waals surface area contributed by atoms with E-state index in [-0.39, 0.29) is 0 Å². The number of nitriles is 1. The summed E-state index contributed by atoms with van der Waals surface area (Å²) in [7, 11) is 0. The van der Waals surface area contributed by atoms with Crippen molar-refractivity contribution in [2.24, 2.45) is 11.3 Å². The smallest absolute Gasteiger partial charge is 0.0862 e. The second-order valence-corrected chi connectivity index (χ2v) is 5.12. The molecule has 2 unspecified atom stereocenters. The molecule has 2 fully saturated rings. The molecule has 0 amide bonds. The Morgan fingerprint density at radius 1 is 1.21 bits per heavy atom. The highest BCUT2D eigenvalue weighted by Gasteiger charge is 2.58. The zero-order chi connectivity index (χ0) is 10.2. The fraction of sp³-hybridized carbons (Fsp3) is 0.917. The van der Waals surface area contributed by atoms with E-state index >= 15 is 0 Å². The molecule has 0 aromatic carbocycles. The van der Waals surface area contributed by atoms with Crippen LogP contribution in [-0.4, -0.2) is 10.7 Å². The standard InChI is InChI=1S/C12H19NO/c1-10-5-8-12(10,14)11(9-13)6-3-2-4-7-11/h10,14H,2-8H2,1H3. The Kier molecular flexibility index (Phi) is 2.31. The van der Waals surface area contributed by atoms with Crippen LogP contribution in [0.15, 0.2) is 0 Å². The van der Waals surface area contributed by atoms with E-state index in [4.69, 9.17) is 0 Å². The monoisotopic (exact) mass is 193 g/mol. The van der Waals surface area contributed by atoms with Crippen LogP contribution < -0.4 is 0 Å². The minimum atomic E-state index is -0.665. The summed E-state index contributed by atoms with van der Waals surface area (Å²) in [5.74, 6) is 0.320. The van der Waals surface area contributed by atoms with Crippen molar-refractivity contribution >= 4 is 0 Å². The molecule has 78 valence electrons. The third kappa shape index (κ3) is 1.12. The van der Waals surface area contributed by atoms with Crippen LogP contribution in [0.2, 0.25) is 0 Å². The van der Waals surface area contributed by atoms with Gasteiger partial charge in [-0.05, 0) is 31.6 Å². The highest BCUT2D eigenvalue weighted by atomic mass is 16.3. The summed E-state index contributed by atoms with van der Waals surface area (Å²) >= 11 is 0. The van der Waals surface area contributed by atoms with Crippen molar-refractivity contribution in [1.82, 2.24) is 0 Å². The molecule has 0 aromatic heterocycles. The predicted octanol–water partition coefficient (Wildman–Crippen LogP) is 2.62. The number of hydrogen-bond acceptors (Lipinski definition) is 2. The summed E-state index contributed by atoms with van der Waals surface area (Å²) in [5, 5.41) is 19.9. The van der Waals surface area contributed by atoms with Crippen molar-refractivity contribution in [2.45, 2.75) is 57.5 Å². The maximum absolute atomic E-state index is 10.5. The Morgan fingerprint density at radius 2 is 1.86 bits per heavy atom. The number of aliphatic hydroxyl groups is 1. The van der Waals surface area contributed by atoms with E-state index in [1.54, 1.807) is 0 Å². The average molecular weight is 193 g/mol. The van der Waals surface area contributed by atoms with Gasteiger partial charge < -0.3 is 5.11 Å². The van der Waals surface area contributed by atoms with Gasteiger partial charge in [0.1, 0.15) is 0 Å². The maximum atomic E-state index is 10.5. The fourth-order valence-corrected chi connectivity index (χ4v) is 3.21. The van der Waals surface area contributed by atoms with Gasteiger partial charge >= 0.3 is 0 Å².